The lowest BCUT2D eigenvalue weighted by Crippen LogP contribution is -2.07. The van der Waals surface area contributed by atoms with E-state index in [4.69, 9.17) is 16.3 Å². The van der Waals surface area contributed by atoms with Crippen LogP contribution in [0, 0.1) is 5.92 Å². The fraction of sp³-hybridized carbons (Fsp3) is 0.500. The number of halogens is 1. The van der Waals surface area contributed by atoms with Crippen molar-refractivity contribution >= 4 is 28.5 Å². The molecule has 0 radical (unpaired) electrons. The highest BCUT2D eigenvalue weighted by atomic mass is 35.5. The molecule has 102 valence electrons. The third-order valence-electron chi connectivity index (χ3n) is 3.60. The maximum absolute atomic E-state index is 6.20. The Morgan fingerprint density at radius 2 is 2.47 bits per heavy atom. The van der Waals surface area contributed by atoms with Gasteiger partial charge in [-0.3, -0.25) is 0 Å². The molecule has 0 unspecified atom stereocenters. The lowest BCUT2D eigenvalue weighted by Gasteiger charge is -2.09. The maximum Gasteiger partial charge on any atom is 0.141 e. The van der Waals surface area contributed by atoms with Gasteiger partial charge in [-0.15, -0.1) is 0 Å². The van der Waals surface area contributed by atoms with Crippen LogP contribution in [0.25, 0.3) is 11.0 Å². The zero-order valence-corrected chi connectivity index (χ0v) is 11.5. The van der Waals surface area contributed by atoms with E-state index >= 15 is 0 Å². The monoisotopic (exact) mass is 279 g/mol. The van der Waals surface area contributed by atoms with Crippen LogP contribution in [-0.2, 0) is 4.74 Å². The number of fused-ring (bicyclic) bond motifs is 1. The van der Waals surface area contributed by atoms with Gasteiger partial charge in [0.05, 0.1) is 5.02 Å². The van der Waals surface area contributed by atoms with Crippen molar-refractivity contribution in [2.24, 2.45) is 5.92 Å². The summed E-state index contributed by atoms with van der Waals surface area (Å²) in [5, 5.41) is 5.04. The van der Waals surface area contributed by atoms with Crippen LogP contribution in [0.4, 0.5) is 5.82 Å². The molecule has 2 aromatic heterocycles. The van der Waals surface area contributed by atoms with Crippen molar-refractivity contribution < 1.29 is 4.74 Å². The Hall–Kier alpha value is -1.26. The molecule has 0 aliphatic carbocycles. The number of nitrogens with one attached hydrogen (secondary N) is 2. The number of anilines is 1. The van der Waals surface area contributed by atoms with Crippen LogP contribution in [-0.4, -0.2) is 29.7 Å². The number of pyridine rings is 1. The molecule has 1 saturated heterocycles. The molecular formula is C14H18ClN3O. The predicted octanol–water partition coefficient (Wildman–Crippen LogP) is 3.44. The third kappa shape index (κ3) is 3.01. The number of aromatic nitrogens is 2. The van der Waals surface area contributed by atoms with Crippen molar-refractivity contribution in [3.8, 4) is 0 Å². The van der Waals surface area contributed by atoms with Crippen molar-refractivity contribution in [3.63, 3.8) is 0 Å². The number of hydrogen-bond acceptors (Lipinski definition) is 3. The van der Waals surface area contributed by atoms with Crippen LogP contribution in [0.15, 0.2) is 18.3 Å². The molecule has 0 aromatic carbocycles. The van der Waals surface area contributed by atoms with E-state index in [0.717, 1.165) is 54.0 Å². The first kappa shape index (κ1) is 12.8. The predicted molar refractivity (Wildman–Crippen MR) is 77.8 cm³/mol. The third-order valence-corrected chi connectivity index (χ3v) is 3.91. The molecule has 0 saturated carbocycles. The van der Waals surface area contributed by atoms with Gasteiger partial charge in [-0.2, -0.15) is 0 Å². The fourth-order valence-corrected chi connectivity index (χ4v) is 2.76. The summed E-state index contributed by atoms with van der Waals surface area (Å²) in [5.41, 5.74) is 0.833. The van der Waals surface area contributed by atoms with Gasteiger partial charge in [0, 0.05) is 31.3 Å². The Labute approximate surface area is 117 Å². The molecule has 1 atom stereocenters. The molecule has 4 nitrogen and oxygen atoms in total. The maximum atomic E-state index is 6.20. The average Bonchev–Trinajstić information content (AvgIpc) is 3.05. The molecule has 19 heavy (non-hydrogen) atoms. The van der Waals surface area contributed by atoms with E-state index in [0.29, 0.717) is 0 Å². The minimum absolute atomic E-state index is 0.734. The van der Waals surface area contributed by atoms with Crippen molar-refractivity contribution in [1.29, 1.82) is 0 Å². The Morgan fingerprint density at radius 3 is 3.32 bits per heavy atom. The molecule has 2 N–H and O–H groups in total. The number of nitrogens with zero attached hydrogens (tertiary/aromatic N) is 1. The van der Waals surface area contributed by atoms with E-state index in [2.05, 4.69) is 15.3 Å². The first-order valence-electron chi connectivity index (χ1n) is 6.78. The molecule has 3 rings (SSSR count). The average molecular weight is 280 g/mol. The molecule has 2 aromatic rings. The van der Waals surface area contributed by atoms with Gasteiger partial charge in [0.25, 0.3) is 0 Å². The molecule has 3 heterocycles. The topological polar surface area (TPSA) is 49.9 Å². The minimum atomic E-state index is 0.734. The van der Waals surface area contributed by atoms with Crippen molar-refractivity contribution in [1.82, 2.24) is 9.97 Å². The van der Waals surface area contributed by atoms with Gasteiger partial charge in [-0.05, 0) is 37.3 Å². The quantitative estimate of drug-likeness (QED) is 0.824. The van der Waals surface area contributed by atoms with Gasteiger partial charge in [0.2, 0.25) is 0 Å². The lowest BCUT2D eigenvalue weighted by atomic mass is 10.0. The van der Waals surface area contributed by atoms with E-state index in [1.165, 1.54) is 12.8 Å². The summed E-state index contributed by atoms with van der Waals surface area (Å²) in [6.45, 7) is 2.78. The molecule has 1 aliphatic heterocycles. The van der Waals surface area contributed by atoms with Crippen LogP contribution in [0.2, 0.25) is 5.02 Å². The summed E-state index contributed by atoms with van der Waals surface area (Å²) in [6.07, 6.45) is 5.41. The van der Waals surface area contributed by atoms with Gasteiger partial charge in [-0.1, -0.05) is 11.6 Å². The number of rotatable bonds is 5. The first-order chi connectivity index (χ1) is 9.33. The Balaban J connectivity index is 1.53. The van der Waals surface area contributed by atoms with Gasteiger partial charge in [-0.25, -0.2) is 4.98 Å². The van der Waals surface area contributed by atoms with Crippen molar-refractivity contribution in [2.45, 2.75) is 19.3 Å². The lowest BCUT2D eigenvalue weighted by molar-refractivity contribution is 0.184. The van der Waals surface area contributed by atoms with Gasteiger partial charge < -0.3 is 15.0 Å². The smallest absolute Gasteiger partial charge is 0.141 e. The highest BCUT2D eigenvalue weighted by Crippen LogP contribution is 2.24. The zero-order chi connectivity index (χ0) is 13.1. The first-order valence-corrected chi connectivity index (χ1v) is 7.16. The number of aromatic amines is 1. The van der Waals surface area contributed by atoms with Crippen LogP contribution >= 0.6 is 11.6 Å². The SMILES string of the molecule is Clc1cc(NCCC[C@H]2CCOC2)nc2[nH]ccc12. The van der Waals surface area contributed by atoms with Crippen LogP contribution in [0.5, 0.6) is 0 Å². The summed E-state index contributed by atoms with van der Waals surface area (Å²) >= 11 is 6.20. The molecule has 0 bridgehead atoms. The summed E-state index contributed by atoms with van der Waals surface area (Å²) in [6, 6.07) is 3.82. The minimum Gasteiger partial charge on any atom is -0.381 e. The standard InChI is InChI=1S/C14H18ClN3O/c15-12-8-13(18-14-11(12)3-6-17-14)16-5-1-2-10-4-7-19-9-10/h3,6,8,10H,1-2,4-5,7,9H2,(H2,16,17,18)/t10-/m0/s1. The number of hydrogen-bond donors (Lipinski definition) is 2. The van der Waals surface area contributed by atoms with E-state index in [1.54, 1.807) is 0 Å². The van der Waals surface area contributed by atoms with Crippen LogP contribution in [0.1, 0.15) is 19.3 Å². The van der Waals surface area contributed by atoms with Crippen molar-refractivity contribution in [2.75, 3.05) is 25.1 Å². The fourth-order valence-electron chi connectivity index (χ4n) is 2.51. The second kappa shape index (κ2) is 5.80. The zero-order valence-electron chi connectivity index (χ0n) is 10.8. The molecular weight excluding hydrogens is 262 g/mol. The van der Waals surface area contributed by atoms with Gasteiger partial charge in [0.15, 0.2) is 0 Å². The van der Waals surface area contributed by atoms with Gasteiger partial charge in [0.1, 0.15) is 11.5 Å². The summed E-state index contributed by atoms with van der Waals surface area (Å²) in [4.78, 5) is 7.57. The molecule has 0 spiro atoms. The van der Waals surface area contributed by atoms with Crippen molar-refractivity contribution in [3.05, 3.63) is 23.4 Å². The highest BCUT2D eigenvalue weighted by molar-refractivity contribution is 6.35. The van der Waals surface area contributed by atoms with E-state index in [1.807, 2.05) is 18.3 Å². The second-order valence-corrected chi connectivity index (χ2v) is 5.44. The Bertz CT molecular complexity index is 549. The Morgan fingerprint density at radius 1 is 1.53 bits per heavy atom. The second-order valence-electron chi connectivity index (χ2n) is 5.03. The van der Waals surface area contributed by atoms with Gasteiger partial charge >= 0.3 is 0 Å². The molecule has 1 aliphatic rings. The van der Waals surface area contributed by atoms with E-state index < -0.39 is 0 Å². The summed E-state index contributed by atoms with van der Waals surface area (Å²) in [7, 11) is 0. The molecule has 1 fully saturated rings. The highest BCUT2D eigenvalue weighted by Gasteiger charge is 2.14. The van der Waals surface area contributed by atoms with Crippen LogP contribution in [0.3, 0.4) is 0 Å². The summed E-state index contributed by atoms with van der Waals surface area (Å²) < 4.78 is 5.37. The Kier molecular flexibility index (Phi) is 3.89. The van der Waals surface area contributed by atoms with E-state index in [9.17, 15) is 0 Å². The number of ether oxygens (including phenoxy) is 1. The van der Waals surface area contributed by atoms with Crippen LogP contribution < -0.4 is 5.32 Å². The molecule has 0 amide bonds. The number of H-pyrrole nitrogens is 1. The largest absolute Gasteiger partial charge is 0.381 e. The molecule has 5 heteroatoms. The normalized spacial score (nSPS) is 19.1. The van der Waals surface area contributed by atoms with E-state index in [-0.39, 0.29) is 0 Å². The summed E-state index contributed by atoms with van der Waals surface area (Å²) in [5.74, 6) is 1.58.